The van der Waals surface area contributed by atoms with Gasteiger partial charge in [0.05, 0.1) is 12.2 Å². The van der Waals surface area contributed by atoms with Crippen LogP contribution in [-0.4, -0.2) is 38.0 Å². The number of rotatable bonds is 8. The van der Waals surface area contributed by atoms with Gasteiger partial charge in [-0.25, -0.2) is 0 Å². The summed E-state index contributed by atoms with van der Waals surface area (Å²) in [6.07, 6.45) is -0.990. The van der Waals surface area contributed by atoms with E-state index in [1.54, 1.807) is 0 Å². The summed E-state index contributed by atoms with van der Waals surface area (Å²) in [6, 6.07) is 14.9. The van der Waals surface area contributed by atoms with Crippen LogP contribution in [0.1, 0.15) is 31.1 Å². The first-order valence-corrected chi connectivity index (χ1v) is 9.67. The first-order chi connectivity index (χ1) is 13.6. The predicted molar refractivity (Wildman–Crippen MR) is 108 cm³/mol. The number of amides is 1. The third-order valence-corrected chi connectivity index (χ3v) is 4.83. The lowest BCUT2D eigenvalue weighted by Gasteiger charge is -2.43. The maximum Gasteiger partial charge on any atom is 0.244 e. The lowest BCUT2D eigenvalue weighted by Crippen LogP contribution is -2.55. The third-order valence-electron chi connectivity index (χ3n) is 4.83. The Hall–Kier alpha value is -2.57. The van der Waals surface area contributed by atoms with E-state index in [4.69, 9.17) is 19.9 Å². The Morgan fingerprint density at radius 3 is 2.39 bits per heavy atom. The van der Waals surface area contributed by atoms with Crippen LogP contribution < -0.4 is 15.4 Å². The smallest absolute Gasteiger partial charge is 0.244 e. The van der Waals surface area contributed by atoms with E-state index in [1.807, 2.05) is 74.2 Å². The highest BCUT2D eigenvalue weighted by Crippen LogP contribution is 2.43. The molecular formula is C22H28N2O4. The number of para-hydroxylation sites is 1. The van der Waals surface area contributed by atoms with Gasteiger partial charge in [0.1, 0.15) is 11.8 Å². The largest absolute Gasteiger partial charge is 0.481 e. The van der Waals surface area contributed by atoms with Crippen molar-refractivity contribution in [2.75, 3.05) is 24.7 Å². The van der Waals surface area contributed by atoms with Gasteiger partial charge in [0.25, 0.3) is 0 Å². The van der Waals surface area contributed by atoms with Crippen molar-refractivity contribution in [3.63, 3.8) is 0 Å². The Labute approximate surface area is 166 Å². The van der Waals surface area contributed by atoms with Gasteiger partial charge in [-0.1, -0.05) is 42.5 Å². The van der Waals surface area contributed by atoms with E-state index in [0.717, 1.165) is 22.6 Å². The van der Waals surface area contributed by atoms with E-state index in [-0.39, 0.29) is 0 Å². The standard InChI is InChI=1S/C22H28N2O4/c1-4-26-18(27-5-2)14-24-19-15(3)10-9-13-17(19)28-21(20(24)22(23)25)16-11-7-6-8-12-16/h6-13,18,20-21H,4-5,14H2,1-3H3,(H2,23,25). The van der Waals surface area contributed by atoms with Crippen molar-refractivity contribution in [3.8, 4) is 5.75 Å². The van der Waals surface area contributed by atoms with Crippen LogP contribution in [0.15, 0.2) is 48.5 Å². The van der Waals surface area contributed by atoms with Crippen LogP contribution in [0, 0.1) is 6.92 Å². The average molecular weight is 384 g/mol. The second-order valence-electron chi connectivity index (χ2n) is 6.71. The normalized spacial score (nSPS) is 18.6. The minimum Gasteiger partial charge on any atom is -0.481 e. The molecular weight excluding hydrogens is 356 g/mol. The summed E-state index contributed by atoms with van der Waals surface area (Å²) >= 11 is 0. The minimum absolute atomic E-state index is 0.375. The summed E-state index contributed by atoms with van der Waals surface area (Å²) in [7, 11) is 0. The van der Waals surface area contributed by atoms with E-state index in [9.17, 15) is 4.79 Å². The molecule has 2 atom stereocenters. The van der Waals surface area contributed by atoms with Crippen molar-refractivity contribution in [1.82, 2.24) is 0 Å². The Morgan fingerprint density at radius 2 is 1.79 bits per heavy atom. The van der Waals surface area contributed by atoms with E-state index in [0.29, 0.717) is 19.8 Å². The fourth-order valence-corrected chi connectivity index (χ4v) is 3.69. The van der Waals surface area contributed by atoms with Gasteiger partial charge in [0, 0.05) is 13.2 Å². The first kappa shape index (κ1) is 20.2. The number of carbonyl (C=O) groups is 1. The molecule has 150 valence electrons. The van der Waals surface area contributed by atoms with E-state index >= 15 is 0 Å². The van der Waals surface area contributed by atoms with Gasteiger partial charge < -0.3 is 24.8 Å². The average Bonchev–Trinajstić information content (AvgIpc) is 2.68. The van der Waals surface area contributed by atoms with Crippen LogP contribution in [0.4, 0.5) is 5.69 Å². The molecule has 1 aliphatic rings. The van der Waals surface area contributed by atoms with Crippen molar-refractivity contribution in [2.24, 2.45) is 5.73 Å². The van der Waals surface area contributed by atoms with Crippen molar-refractivity contribution >= 4 is 11.6 Å². The first-order valence-electron chi connectivity index (χ1n) is 9.67. The Bertz CT molecular complexity index is 790. The molecule has 0 spiro atoms. The summed E-state index contributed by atoms with van der Waals surface area (Å²) in [5.74, 6) is 0.271. The van der Waals surface area contributed by atoms with Gasteiger partial charge in [-0.2, -0.15) is 0 Å². The lowest BCUT2D eigenvalue weighted by molar-refractivity contribution is -0.133. The van der Waals surface area contributed by atoms with Crippen LogP contribution in [0.3, 0.4) is 0 Å². The number of hydrogen-bond acceptors (Lipinski definition) is 5. The zero-order valence-corrected chi connectivity index (χ0v) is 16.6. The number of primary amides is 1. The number of anilines is 1. The highest BCUT2D eigenvalue weighted by Gasteiger charge is 2.42. The molecule has 2 aromatic rings. The Kier molecular flexibility index (Phi) is 6.54. The van der Waals surface area contributed by atoms with E-state index < -0.39 is 24.3 Å². The number of nitrogens with zero attached hydrogens (tertiary/aromatic N) is 1. The number of fused-ring (bicyclic) bond motifs is 1. The maximum absolute atomic E-state index is 12.6. The van der Waals surface area contributed by atoms with Crippen LogP contribution >= 0.6 is 0 Å². The van der Waals surface area contributed by atoms with Crippen molar-refractivity contribution < 1.29 is 19.0 Å². The molecule has 0 aromatic heterocycles. The molecule has 0 bridgehead atoms. The van der Waals surface area contributed by atoms with Crippen molar-refractivity contribution in [1.29, 1.82) is 0 Å². The Balaban J connectivity index is 2.07. The molecule has 1 amide bonds. The van der Waals surface area contributed by atoms with Gasteiger partial charge in [-0.05, 0) is 38.0 Å². The monoisotopic (exact) mass is 384 g/mol. The highest BCUT2D eigenvalue weighted by molar-refractivity contribution is 5.87. The molecule has 6 nitrogen and oxygen atoms in total. The highest BCUT2D eigenvalue weighted by atomic mass is 16.7. The van der Waals surface area contributed by atoms with Crippen LogP contribution in [0.5, 0.6) is 5.75 Å². The fraction of sp³-hybridized carbons (Fsp3) is 0.409. The summed E-state index contributed by atoms with van der Waals surface area (Å²) in [6.45, 7) is 7.23. The summed E-state index contributed by atoms with van der Waals surface area (Å²) in [4.78, 5) is 14.6. The summed E-state index contributed by atoms with van der Waals surface area (Å²) in [5, 5.41) is 0. The molecule has 0 radical (unpaired) electrons. The number of benzene rings is 2. The van der Waals surface area contributed by atoms with Gasteiger partial charge in [-0.3, -0.25) is 4.79 Å². The lowest BCUT2D eigenvalue weighted by atomic mass is 9.96. The fourth-order valence-electron chi connectivity index (χ4n) is 3.69. The number of nitrogens with two attached hydrogens (primary N) is 1. The summed E-state index contributed by atoms with van der Waals surface area (Å²) < 4.78 is 17.8. The number of ether oxygens (including phenoxy) is 3. The minimum atomic E-state index is -0.681. The molecule has 2 unspecified atom stereocenters. The number of hydrogen-bond donors (Lipinski definition) is 1. The molecule has 0 fully saturated rings. The quantitative estimate of drug-likeness (QED) is 0.708. The van der Waals surface area contributed by atoms with Gasteiger partial charge >= 0.3 is 0 Å². The second-order valence-corrected chi connectivity index (χ2v) is 6.71. The number of carbonyl (C=O) groups excluding carboxylic acids is 1. The molecule has 0 saturated carbocycles. The van der Waals surface area contributed by atoms with Crippen molar-refractivity contribution in [3.05, 3.63) is 59.7 Å². The zero-order valence-electron chi connectivity index (χ0n) is 16.6. The molecule has 0 saturated heterocycles. The van der Waals surface area contributed by atoms with E-state index in [1.165, 1.54) is 0 Å². The number of aryl methyl sites for hydroxylation is 1. The zero-order chi connectivity index (χ0) is 20.1. The van der Waals surface area contributed by atoms with Crippen LogP contribution in [0.25, 0.3) is 0 Å². The Morgan fingerprint density at radius 1 is 1.11 bits per heavy atom. The molecule has 3 rings (SSSR count). The molecule has 1 heterocycles. The SMILES string of the molecule is CCOC(CN1c2c(C)cccc2OC(c2ccccc2)C1C(N)=O)OCC. The van der Waals surface area contributed by atoms with Crippen molar-refractivity contribution in [2.45, 2.75) is 39.2 Å². The van der Waals surface area contributed by atoms with Gasteiger partial charge in [0.15, 0.2) is 12.4 Å². The van der Waals surface area contributed by atoms with Gasteiger partial charge in [0.2, 0.25) is 5.91 Å². The molecule has 2 N–H and O–H groups in total. The topological polar surface area (TPSA) is 74.0 Å². The molecule has 1 aliphatic heterocycles. The summed E-state index contributed by atoms with van der Waals surface area (Å²) in [5.41, 5.74) is 8.62. The third kappa shape index (κ3) is 4.13. The van der Waals surface area contributed by atoms with Gasteiger partial charge in [-0.15, -0.1) is 0 Å². The second kappa shape index (κ2) is 9.08. The van der Waals surface area contributed by atoms with Crippen LogP contribution in [-0.2, 0) is 14.3 Å². The molecule has 6 heteroatoms. The predicted octanol–water partition coefficient (Wildman–Crippen LogP) is 3.19. The molecule has 0 aliphatic carbocycles. The molecule has 28 heavy (non-hydrogen) atoms. The maximum atomic E-state index is 12.6. The van der Waals surface area contributed by atoms with Crippen LogP contribution in [0.2, 0.25) is 0 Å². The molecule has 2 aromatic carbocycles. The van der Waals surface area contributed by atoms with E-state index in [2.05, 4.69) is 0 Å².